The molecule has 0 radical (unpaired) electrons. The van der Waals surface area contributed by atoms with Gasteiger partial charge in [-0.05, 0) is 12.5 Å². The fourth-order valence-corrected chi connectivity index (χ4v) is 5.10. The van der Waals surface area contributed by atoms with Crippen LogP contribution in [0.3, 0.4) is 0 Å². The molecular weight excluding hydrogens is 472 g/mol. The summed E-state index contributed by atoms with van der Waals surface area (Å²) >= 11 is 0. The minimum absolute atomic E-state index is 0.119. The Balaban J connectivity index is 1.35. The maximum absolute atomic E-state index is 11.7. The summed E-state index contributed by atoms with van der Waals surface area (Å²) in [6.45, 7) is 8.11. The number of carbonyl (C=O) groups excluding carboxylic acids is 1. The van der Waals surface area contributed by atoms with Crippen molar-refractivity contribution >= 4 is 35.1 Å². The van der Waals surface area contributed by atoms with Crippen LogP contribution < -0.4 is 20.4 Å². The van der Waals surface area contributed by atoms with E-state index in [-0.39, 0.29) is 11.9 Å². The van der Waals surface area contributed by atoms with Gasteiger partial charge in [0.1, 0.15) is 11.6 Å². The first-order valence-corrected chi connectivity index (χ1v) is 12.6. The van der Waals surface area contributed by atoms with Crippen LogP contribution in [0, 0.1) is 0 Å². The van der Waals surface area contributed by atoms with Crippen molar-refractivity contribution in [2.45, 2.75) is 13.3 Å². The van der Waals surface area contributed by atoms with Gasteiger partial charge in [-0.2, -0.15) is 4.98 Å². The number of anilines is 5. The van der Waals surface area contributed by atoms with Crippen LogP contribution in [-0.2, 0) is 16.0 Å². The molecule has 3 aliphatic rings. The Morgan fingerprint density at radius 3 is 2.43 bits per heavy atom. The zero-order valence-corrected chi connectivity index (χ0v) is 20.9. The van der Waals surface area contributed by atoms with E-state index in [0.29, 0.717) is 32.3 Å². The first kappa shape index (κ1) is 23.3. The molecule has 2 fully saturated rings. The highest BCUT2D eigenvalue weighted by molar-refractivity contribution is 5.77. The quantitative estimate of drug-likeness (QED) is 0.551. The number of rotatable bonds is 4. The van der Waals surface area contributed by atoms with E-state index in [1.165, 1.54) is 0 Å². The highest BCUT2D eigenvalue weighted by Crippen LogP contribution is 2.39. The molecule has 0 unspecified atom stereocenters. The van der Waals surface area contributed by atoms with Gasteiger partial charge >= 0.3 is 0 Å². The summed E-state index contributed by atoms with van der Waals surface area (Å²) < 4.78 is 5.55. The molecule has 192 valence electrons. The van der Waals surface area contributed by atoms with Crippen molar-refractivity contribution in [3.63, 3.8) is 0 Å². The standard InChI is InChI=1S/C25H30N10O2/c1-17(36)32-6-8-33(9-7-32)21-14-19(2-4-27-21)35-5-3-20-22(18-15-28-24(26)29-16-18)30-25(31-23(20)35)34-10-12-37-13-11-34/h2,4,14-16H,3,5-13H2,1H3,(H2,26,28,29). The van der Waals surface area contributed by atoms with Crippen LogP contribution >= 0.6 is 0 Å². The predicted octanol–water partition coefficient (Wildman–Crippen LogP) is 1.11. The second-order valence-corrected chi connectivity index (χ2v) is 9.37. The van der Waals surface area contributed by atoms with E-state index in [1.807, 2.05) is 17.2 Å². The number of aromatic nitrogens is 5. The molecule has 6 heterocycles. The Kier molecular flexibility index (Phi) is 6.16. The lowest BCUT2D eigenvalue weighted by atomic mass is 10.1. The van der Waals surface area contributed by atoms with Crippen molar-refractivity contribution in [1.29, 1.82) is 0 Å². The third-order valence-corrected chi connectivity index (χ3v) is 7.14. The second-order valence-electron chi connectivity index (χ2n) is 9.37. The molecule has 0 spiro atoms. The molecule has 0 bridgehead atoms. The number of ether oxygens (including phenoxy) is 1. The van der Waals surface area contributed by atoms with Gasteiger partial charge in [-0.3, -0.25) is 4.79 Å². The molecule has 3 aromatic heterocycles. The number of piperazine rings is 1. The third kappa shape index (κ3) is 4.59. The van der Waals surface area contributed by atoms with Gasteiger partial charge in [0.25, 0.3) is 0 Å². The Hall–Kier alpha value is -4.06. The topological polar surface area (TPSA) is 130 Å². The normalized spacial score (nSPS) is 17.8. The van der Waals surface area contributed by atoms with E-state index in [0.717, 1.165) is 73.3 Å². The number of hydrogen-bond donors (Lipinski definition) is 1. The summed E-state index contributed by atoms with van der Waals surface area (Å²) in [5, 5.41) is 0. The third-order valence-electron chi connectivity index (χ3n) is 7.14. The lowest BCUT2D eigenvalue weighted by molar-refractivity contribution is -0.129. The maximum Gasteiger partial charge on any atom is 0.228 e. The highest BCUT2D eigenvalue weighted by Gasteiger charge is 2.30. The van der Waals surface area contributed by atoms with Crippen LogP contribution in [0.4, 0.5) is 29.2 Å². The molecule has 3 aliphatic heterocycles. The average Bonchev–Trinajstić information content (AvgIpc) is 3.38. The first-order chi connectivity index (χ1) is 18.1. The number of amides is 1. The maximum atomic E-state index is 11.7. The lowest BCUT2D eigenvalue weighted by Crippen LogP contribution is -2.48. The Morgan fingerprint density at radius 1 is 0.946 bits per heavy atom. The molecule has 0 aliphatic carbocycles. The van der Waals surface area contributed by atoms with Crippen LogP contribution in [0.25, 0.3) is 11.3 Å². The van der Waals surface area contributed by atoms with E-state index in [1.54, 1.807) is 19.3 Å². The summed E-state index contributed by atoms with van der Waals surface area (Å²) in [4.78, 5) is 43.3. The predicted molar refractivity (Wildman–Crippen MR) is 140 cm³/mol. The van der Waals surface area contributed by atoms with Crippen LogP contribution in [0.1, 0.15) is 12.5 Å². The van der Waals surface area contributed by atoms with Gasteiger partial charge in [-0.25, -0.2) is 19.9 Å². The minimum Gasteiger partial charge on any atom is -0.378 e. The highest BCUT2D eigenvalue weighted by atomic mass is 16.5. The summed E-state index contributed by atoms with van der Waals surface area (Å²) in [5.74, 6) is 2.83. The van der Waals surface area contributed by atoms with Crippen LogP contribution in [0.2, 0.25) is 0 Å². The van der Waals surface area contributed by atoms with Gasteiger partial charge in [0, 0.05) is 94.2 Å². The Morgan fingerprint density at radius 2 is 1.70 bits per heavy atom. The average molecular weight is 503 g/mol. The van der Waals surface area contributed by atoms with Gasteiger partial charge in [-0.15, -0.1) is 0 Å². The number of nitrogens with zero attached hydrogens (tertiary/aromatic N) is 9. The zero-order chi connectivity index (χ0) is 25.4. The molecule has 2 saturated heterocycles. The molecule has 6 rings (SSSR count). The number of pyridine rings is 1. The summed E-state index contributed by atoms with van der Waals surface area (Å²) in [7, 11) is 0. The Bertz CT molecular complexity index is 1290. The monoisotopic (exact) mass is 502 g/mol. The molecule has 12 heteroatoms. The van der Waals surface area contributed by atoms with Crippen LogP contribution in [0.15, 0.2) is 30.7 Å². The first-order valence-electron chi connectivity index (χ1n) is 12.6. The van der Waals surface area contributed by atoms with Crippen molar-refractivity contribution in [3.8, 4) is 11.3 Å². The summed E-state index contributed by atoms with van der Waals surface area (Å²) in [6.07, 6.45) is 6.09. The minimum atomic E-state index is 0.119. The van der Waals surface area contributed by atoms with Crippen molar-refractivity contribution in [2.75, 3.05) is 79.5 Å². The van der Waals surface area contributed by atoms with E-state index in [9.17, 15) is 4.79 Å². The molecule has 2 N–H and O–H groups in total. The van der Waals surface area contributed by atoms with Gasteiger partial charge in [-0.1, -0.05) is 0 Å². The van der Waals surface area contributed by atoms with Crippen LogP contribution in [-0.4, -0.2) is 94.8 Å². The smallest absolute Gasteiger partial charge is 0.228 e. The second kappa shape index (κ2) is 9.77. The van der Waals surface area contributed by atoms with Crippen molar-refractivity contribution in [1.82, 2.24) is 29.8 Å². The number of carbonyl (C=O) groups is 1. The molecule has 37 heavy (non-hydrogen) atoms. The number of nitrogens with two attached hydrogens (primary N) is 1. The van der Waals surface area contributed by atoms with Crippen molar-refractivity contribution in [2.24, 2.45) is 0 Å². The van der Waals surface area contributed by atoms with Gasteiger partial charge < -0.3 is 30.1 Å². The van der Waals surface area contributed by atoms with E-state index in [4.69, 9.17) is 20.4 Å². The van der Waals surface area contributed by atoms with E-state index >= 15 is 0 Å². The largest absolute Gasteiger partial charge is 0.378 e. The molecule has 0 saturated carbocycles. The molecule has 1 amide bonds. The summed E-state index contributed by atoms with van der Waals surface area (Å²) in [5.41, 5.74) is 9.50. The van der Waals surface area contributed by atoms with E-state index in [2.05, 4.69) is 35.7 Å². The van der Waals surface area contributed by atoms with E-state index < -0.39 is 0 Å². The molecule has 12 nitrogen and oxygen atoms in total. The van der Waals surface area contributed by atoms with Gasteiger partial charge in [0.2, 0.25) is 17.8 Å². The van der Waals surface area contributed by atoms with Crippen molar-refractivity contribution < 1.29 is 9.53 Å². The van der Waals surface area contributed by atoms with Crippen molar-refractivity contribution in [3.05, 3.63) is 36.3 Å². The Labute approximate surface area is 215 Å². The van der Waals surface area contributed by atoms with Gasteiger partial charge in [0.15, 0.2) is 0 Å². The fraction of sp³-hybridized carbons (Fsp3) is 0.440. The number of morpholine rings is 1. The fourth-order valence-electron chi connectivity index (χ4n) is 5.10. The molecule has 0 aromatic carbocycles. The van der Waals surface area contributed by atoms with Crippen LogP contribution in [0.5, 0.6) is 0 Å². The molecule has 3 aromatic rings. The zero-order valence-electron chi connectivity index (χ0n) is 20.9. The number of hydrogen-bond acceptors (Lipinski definition) is 11. The summed E-state index contributed by atoms with van der Waals surface area (Å²) in [6, 6.07) is 4.13. The van der Waals surface area contributed by atoms with Gasteiger partial charge in [0.05, 0.1) is 18.9 Å². The lowest BCUT2D eigenvalue weighted by Gasteiger charge is -2.35. The molecular formula is C25H30N10O2. The number of fused-ring (bicyclic) bond motifs is 1. The SMILES string of the molecule is CC(=O)N1CCN(c2cc(N3CCc4c(-c5cnc(N)nc5)nc(N5CCOCC5)nc43)ccn2)CC1. The number of nitrogen functional groups attached to an aromatic ring is 1. The molecule has 0 atom stereocenters.